The van der Waals surface area contributed by atoms with Crippen molar-refractivity contribution in [3.63, 3.8) is 0 Å². The molecule has 1 heterocycles. The standard InChI is InChI=1S/C34H56F3N5O7/c1-13-16-38-27(45)23(43)21(14-15-34(35,36)37)39-26(44)22-17-20(19(2)3)18-42(22)28(46)24(31(4,5)6)40-30(48)41-25(32(7,8)9)29(47)49-33(10,11)12/h13,19-22,24-25H,1,14-18H2,2-12H3,(H,38,45)(H,39,44)(H2,40,41,48)/t20-,21?,22+,24-,25-/m1/s1. The fraction of sp³-hybridized carbons (Fsp3) is 0.765. The molecule has 1 aliphatic heterocycles. The first-order valence-electron chi connectivity index (χ1n) is 16.5. The molecule has 280 valence electrons. The van der Waals surface area contributed by atoms with Crippen molar-refractivity contribution in [2.75, 3.05) is 13.1 Å². The molecule has 12 nitrogen and oxygen atoms in total. The van der Waals surface area contributed by atoms with Crippen LogP contribution in [0.5, 0.6) is 0 Å². The Labute approximate surface area is 288 Å². The van der Waals surface area contributed by atoms with Crippen molar-refractivity contribution in [3.8, 4) is 0 Å². The Bertz CT molecular complexity index is 1230. The van der Waals surface area contributed by atoms with Gasteiger partial charge in [-0.3, -0.25) is 19.2 Å². The van der Waals surface area contributed by atoms with Gasteiger partial charge in [-0.1, -0.05) is 61.5 Å². The molecule has 4 N–H and O–H groups in total. The molecule has 5 amide bonds. The van der Waals surface area contributed by atoms with Crippen molar-refractivity contribution in [2.45, 2.75) is 131 Å². The van der Waals surface area contributed by atoms with Gasteiger partial charge in [-0.25, -0.2) is 9.59 Å². The van der Waals surface area contributed by atoms with Crippen LogP contribution in [0.25, 0.3) is 0 Å². The Hall–Kier alpha value is -3.65. The lowest BCUT2D eigenvalue weighted by atomic mass is 9.85. The molecule has 0 aliphatic carbocycles. The van der Waals surface area contributed by atoms with Gasteiger partial charge in [-0.2, -0.15) is 13.2 Å². The monoisotopic (exact) mass is 703 g/mol. The van der Waals surface area contributed by atoms with Crippen LogP contribution in [0, 0.1) is 22.7 Å². The van der Waals surface area contributed by atoms with E-state index in [1.54, 1.807) is 62.3 Å². The van der Waals surface area contributed by atoms with E-state index in [4.69, 9.17) is 4.74 Å². The number of ketones is 1. The van der Waals surface area contributed by atoms with Gasteiger partial charge >= 0.3 is 18.2 Å². The summed E-state index contributed by atoms with van der Waals surface area (Å²) in [5, 5.41) is 9.82. The van der Waals surface area contributed by atoms with Gasteiger partial charge in [0.15, 0.2) is 0 Å². The lowest BCUT2D eigenvalue weighted by Gasteiger charge is -2.37. The Morgan fingerprint density at radius 3 is 1.86 bits per heavy atom. The van der Waals surface area contributed by atoms with Gasteiger partial charge in [-0.15, -0.1) is 6.58 Å². The van der Waals surface area contributed by atoms with Crippen molar-refractivity contribution >= 4 is 35.5 Å². The number of carbonyl (C=O) groups is 6. The summed E-state index contributed by atoms with van der Waals surface area (Å²) in [5.74, 6) is -4.87. The van der Waals surface area contributed by atoms with E-state index in [1.165, 1.54) is 11.0 Å². The van der Waals surface area contributed by atoms with E-state index < -0.39 is 95.1 Å². The minimum Gasteiger partial charge on any atom is -0.458 e. The molecule has 15 heteroatoms. The number of Topliss-reactive ketones (excluding diaryl/α,β-unsaturated/α-hetero) is 1. The second-order valence-electron chi connectivity index (χ2n) is 16.1. The topological polar surface area (TPSA) is 163 Å². The maximum Gasteiger partial charge on any atom is 0.389 e. The number of halogens is 3. The van der Waals surface area contributed by atoms with Gasteiger partial charge in [0.05, 0.1) is 6.04 Å². The zero-order chi connectivity index (χ0) is 38.3. The normalized spacial score (nSPS) is 19.0. The van der Waals surface area contributed by atoms with E-state index in [-0.39, 0.29) is 31.3 Å². The highest BCUT2D eigenvalue weighted by molar-refractivity contribution is 6.38. The van der Waals surface area contributed by atoms with Crippen LogP contribution in [0.3, 0.4) is 0 Å². The number of nitrogens with one attached hydrogen (secondary N) is 4. The highest BCUT2D eigenvalue weighted by Crippen LogP contribution is 2.33. The van der Waals surface area contributed by atoms with Crippen LogP contribution in [0.2, 0.25) is 0 Å². The average molecular weight is 704 g/mol. The molecule has 0 saturated carbocycles. The number of alkyl halides is 3. The Balaban J connectivity index is 3.41. The molecule has 0 aromatic rings. The van der Waals surface area contributed by atoms with Crippen LogP contribution in [0.4, 0.5) is 18.0 Å². The molecule has 1 unspecified atom stereocenters. The van der Waals surface area contributed by atoms with Crippen LogP contribution in [-0.2, 0) is 28.7 Å². The average Bonchev–Trinajstić information content (AvgIpc) is 3.38. The summed E-state index contributed by atoms with van der Waals surface area (Å²) >= 11 is 0. The third-order valence-corrected chi connectivity index (χ3v) is 8.01. The SMILES string of the molecule is C=CCNC(=O)C(=O)C(CCC(F)(F)F)NC(=O)[C@@H]1C[C@@H](C(C)C)CN1C(=O)[C@@H](NC(=O)N[C@H](C(=O)OC(C)(C)C)C(C)(C)C)C(C)(C)C. The zero-order valence-electron chi connectivity index (χ0n) is 30.7. The third-order valence-electron chi connectivity index (χ3n) is 8.01. The summed E-state index contributed by atoms with van der Waals surface area (Å²) < 4.78 is 44.9. The third kappa shape index (κ3) is 14.0. The smallest absolute Gasteiger partial charge is 0.389 e. The maximum atomic E-state index is 14.2. The first-order valence-corrected chi connectivity index (χ1v) is 16.5. The number of esters is 1. The molecule has 1 aliphatic rings. The highest BCUT2D eigenvalue weighted by atomic mass is 19.4. The van der Waals surface area contributed by atoms with Gasteiger partial charge in [0, 0.05) is 19.5 Å². The summed E-state index contributed by atoms with van der Waals surface area (Å²) in [6.07, 6.45) is -5.58. The molecule has 1 fully saturated rings. The van der Waals surface area contributed by atoms with E-state index in [1.807, 2.05) is 13.8 Å². The van der Waals surface area contributed by atoms with E-state index >= 15 is 0 Å². The minimum absolute atomic E-state index is 0.00819. The first kappa shape index (κ1) is 43.4. The number of amides is 5. The number of carbonyl (C=O) groups excluding carboxylic acids is 6. The van der Waals surface area contributed by atoms with Gasteiger partial charge in [0.1, 0.15) is 23.7 Å². The number of urea groups is 1. The molecule has 5 atom stereocenters. The van der Waals surface area contributed by atoms with E-state index in [0.29, 0.717) is 0 Å². The summed E-state index contributed by atoms with van der Waals surface area (Å²) in [5.41, 5.74) is -2.51. The fourth-order valence-corrected chi connectivity index (χ4v) is 5.21. The Morgan fingerprint density at radius 1 is 0.878 bits per heavy atom. The van der Waals surface area contributed by atoms with Crippen molar-refractivity contribution in [2.24, 2.45) is 22.7 Å². The van der Waals surface area contributed by atoms with Gasteiger partial charge < -0.3 is 30.9 Å². The van der Waals surface area contributed by atoms with Crippen LogP contribution in [0.1, 0.15) is 95.4 Å². The van der Waals surface area contributed by atoms with Gasteiger partial charge in [0.2, 0.25) is 17.6 Å². The first-order chi connectivity index (χ1) is 22.1. The summed E-state index contributed by atoms with van der Waals surface area (Å²) in [4.78, 5) is 80.8. The largest absolute Gasteiger partial charge is 0.458 e. The van der Waals surface area contributed by atoms with Crippen LogP contribution in [0.15, 0.2) is 12.7 Å². The molecule has 0 bridgehead atoms. The summed E-state index contributed by atoms with van der Waals surface area (Å²) in [6, 6.07) is -6.16. The molecule has 0 aromatic carbocycles. The molecule has 0 spiro atoms. The number of likely N-dealkylation sites (tertiary alicyclic amines) is 1. The van der Waals surface area contributed by atoms with Crippen molar-refractivity contribution < 1.29 is 46.7 Å². The quantitative estimate of drug-likeness (QED) is 0.128. The molecular weight excluding hydrogens is 647 g/mol. The molecular formula is C34H56F3N5O7. The second-order valence-corrected chi connectivity index (χ2v) is 16.1. The van der Waals surface area contributed by atoms with E-state index in [0.717, 1.165) is 0 Å². The molecule has 0 aromatic heterocycles. The Morgan fingerprint density at radius 2 is 1.41 bits per heavy atom. The molecule has 0 radical (unpaired) electrons. The summed E-state index contributed by atoms with van der Waals surface area (Å²) in [6.45, 7) is 22.6. The van der Waals surface area contributed by atoms with Crippen LogP contribution in [-0.4, -0.2) is 89.4 Å². The summed E-state index contributed by atoms with van der Waals surface area (Å²) in [7, 11) is 0. The molecule has 1 saturated heterocycles. The predicted molar refractivity (Wildman–Crippen MR) is 178 cm³/mol. The van der Waals surface area contributed by atoms with E-state index in [2.05, 4.69) is 27.8 Å². The van der Waals surface area contributed by atoms with Crippen LogP contribution < -0.4 is 21.3 Å². The lowest BCUT2D eigenvalue weighted by Crippen LogP contribution is -2.62. The van der Waals surface area contributed by atoms with Crippen molar-refractivity contribution in [3.05, 3.63) is 12.7 Å². The van der Waals surface area contributed by atoms with Gasteiger partial charge in [0.25, 0.3) is 5.91 Å². The molecule has 49 heavy (non-hydrogen) atoms. The fourth-order valence-electron chi connectivity index (χ4n) is 5.21. The van der Waals surface area contributed by atoms with Crippen molar-refractivity contribution in [1.82, 2.24) is 26.2 Å². The highest BCUT2D eigenvalue weighted by Gasteiger charge is 2.47. The minimum atomic E-state index is -4.67. The van der Waals surface area contributed by atoms with Crippen molar-refractivity contribution in [1.29, 1.82) is 0 Å². The van der Waals surface area contributed by atoms with Crippen LogP contribution >= 0.6 is 0 Å². The van der Waals surface area contributed by atoms with E-state index in [9.17, 15) is 41.9 Å². The lowest BCUT2D eigenvalue weighted by molar-refractivity contribution is -0.160. The number of hydrogen-bond donors (Lipinski definition) is 4. The number of hydrogen-bond acceptors (Lipinski definition) is 7. The second kappa shape index (κ2) is 16.8. The molecule has 1 rings (SSSR count). The number of rotatable bonds is 13. The predicted octanol–water partition coefficient (Wildman–Crippen LogP) is 4.03. The van der Waals surface area contributed by atoms with Gasteiger partial charge in [-0.05, 0) is 56.3 Å². The maximum absolute atomic E-state index is 14.2. The number of ether oxygens (including phenoxy) is 1. The zero-order valence-corrected chi connectivity index (χ0v) is 30.7. The Kier molecular flexibility index (Phi) is 14.9. The number of nitrogens with zero attached hydrogens (tertiary/aromatic N) is 1.